The number of rotatable bonds is 5. The number of hydrogen-bond donors (Lipinski definition) is 2. The van der Waals surface area contributed by atoms with Crippen LogP contribution in [0.25, 0.3) is 10.9 Å². The molecule has 2 N–H and O–H groups in total. The van der Waals surface area contributed by atoms with Gasteiger partial charge in [0.25, 0.3) is 5.56 Å². The topological polar surface area (TPSA) is 67.0 Å². The van der Waals surface area contributed by atoms with Crippen LogP contribution in [0, 0.1) is 0 Å². The van der Waals surface area contributed by atoms with E-state index in [1.807, 2.05) is 42.5 Å². The lowest BCUT2D eigenvalue weighted by molar-refractivity contribution is 0.410. The summed E-state index contributed by atoms with van der Waals surface area (Å²) in [5, 5.41) is 3.75. The molecule has 0 unspecified atom stereocenters. The molecule has 0 saturated carbocycles. The van der Waals surface area contributed by atoms with Gasteiger partial charge in [-0.05, 0) is 30.2 Å². The van der Waals surface area contributed by atoms with Crippen molar-refractivity contribution in [2.45, 2.75) is 6.42 Å². The summed E-state index contributed by atoms with van der Waals surface area (Å²) in [6.07, 6.45) is 0.778. The molecule has 0 aliphatic carbocycles. The summed E-state index contributed by atoms with van der Waals surface area (Å²) in [6, 6.07) is 15.2. The zero-order valence-corrected chi connectivity index (χ0v) is 12.3. The van der Waals surface area contributed by atoms with Crippen molar-refractivity contribution in [1.82, 2.24) is 9.97 Å². The molecule has 0 bridgehead atoms. The number of anilines is 1. The summed E-state index contributed by atoms with van der Waals surface area (Å²) in [5.41, 5.74) is 1.66. The van der Waals surface area contributed by atoms with Crippen LogP contribution in [0.4, 0.5) is 5.95 Å². The molecule has 0 radical (unpaired) electrons. The van der Waals surface area contributed by atoms with Crippen LogP contribution in [0.2, 0.25) is 0 Å². The molecule has 1 aromatic heterocycles. The molecule has 0 aliphatic rings. The van der Waals surface area contributed by atoms with Crippen LogP contribution in [0.1, 0.15) is 5.56 Å². The normalized spacial score (nSPS) is 10.6. The highest BCUT2D eigenvalue weighted by Gasteiger charge is 2.04. The van der Waals surface area contributed by atoms with Crippen LogP contribution in [0.15, 0.2) is 53.3 Å². The van der Waals surface area contributed by atoms with Gasteiger partial charge in [0.1, 0.15) is 5.75 Å². The van der Waals surface area contributed by atoms with Crippen molar-refractivity contribution in [2.24, 2.45) is 0 Å². The number of aromatic amines is 1. The Morgan fingerprint density at radius 2 is 1.91 bits per heavy atom. The molecule has 3 rings (SSSR count). The Hall–Kier alpha value is -2.82. The van der Waals surface area contributed by atoms with E-state index in [4.69, 9.17) is 4.74 Å². The number of nitrogens with one attached hydrogen (secondary N) is 2. The summed E-state index contributed by atoms with van der Waals surface area (Å²) < 4.78 is 5.32. The van der Waals surface area contributed by atoms with E-state index in [9.17, 15) is 4.79 Å². The Labute approximate surface area is 128 Å². The van der Waals surface area contributed by atoms with E-state index in [2.05, 4.69) is 15.3 Å². The van der Waals surface area contributed by atoms with Crippen LogP contribution >= 0.6 is 0 Å². The van der Waals surface area contributed by atoms with Gasteiger partial charge in [0.05, 0.1) is 18.0 Å². The maximum atomic E-state index is 12.0. The van der Waals surface area contributed by atoms with E-state index in [-0.39, 0.29) is 5.56 Å². The predicted molar refractivity (Wildman–Crippen MR) is 87.6 cm³/mol. The molecule has 1 heterocycles. The van der Waals surface area contributed by atoms with Crippen molar-refractivity contribution in [2.75, 3.05) is 19.0 Å². The third kappa shape index (κ3) is 2.93. The van der Waals surface area contributed by atoms with Gasteiger partial charge >= 0.3 is 0 Å². The van der Waals surface area contributed by atoms with Crippen molar-refractivity contribution in [3.05, 3.63) is 64.4 Å². The summed E-state index contributed by atoms with van der Waals surface area (Å²) in [4.78, 5) is 19.1. The van der Waals surface area contributed by atoms with E-state index in [1.54, 1.807) is 13.2 Å². The summed E-state index contributed by atoms with van der Waals surface area (Å²) in [6.45, 7) is 0.654. The largest absolute Gasteiger partial charge is 0.496 e. The minimum Gasteiger partial charge on any atom is -0.496 e. The van der Waals surface area contributed by atoms with Crippen LogP contribution in [-0.2, 0) is 6.42 Å². The maximum Gasteiger partial charge on any atom is 0.260 e. The Bertz CT molecular complexity index is 842. The van der Waals surface area contributed by atoms with E-state index in [0.717, 1.165) is 17.7 Å². The number of para-hydroxylation sites is 2. The van der Waals surface area contributed by atoms with Crippen LogP contribution in [0.5, 0.6) is 5.75 Å². The molecule has 0 spiro atoms. The summed E-state index contributed by atoms with van der Waals surface area (Å²) in [5.74, 6) is 1.35. The molecule has 5 nitrogen and oxygen atoms in total. The Kier molecular flexibility index (Phi) is 4.05. The van der Waals surface area contributed by atoms with Crippen molar-refractivity contribution < 1.29 is 4.74 Å². The van der Waals surface area contributed by atoms with E-state index in [1.165, 1.54) is 0 Å². The first-order valence-corrected chi connectivity index (χ1v) is 7.13. The monoisotopic (exact) mass is 295 g/mol. The van der Waals surface area contributed by atoms with Gasteiger partial charge in [-0.25, -0.2) is 4.98 Å². The number of nitrogens with zero attached hydrogens (tertiary/aromatic N) is 1. The van der Waals surface area contributed by atoms with Gasteiger partial charge in [-0.3, -0.25) is 9.78 Å². The Balaban J connectivity index is 1.73. The van der Waals surface area contributed by atoms with E-state index >= 15 is 0 Å². The summed E-state index contributed by atoms with van der Waals surface area (Å²) in [7, 11) is 1.66. The number of hydrogen-bond acceptors (Lipinski definition) is 4. The first kappa shape index (κ1) is 14.1. The SMILES string of the molecule is COc1ccccc1CCNc1nc2ccccc2c(=O)[nH]1. The lowest BCUT2D eigenvalue weighted by atomic mass is 10.1. The molecular weight excluding hydrogens is 278 g/mol. The molecule has 22 heavy (non-hydrogen) atoms. The van der Waals surface area contributed by atoms with Gasteiger partial charge in [0, 0.05) is 6.54 Å². The summed E-state index contributed by atoms with van der Waals surface area (Å²) >= 11 is 0. The minimum atomic E-state index is -0.134. The zero-order valence-electron chi connectivity index (χ0n) is 12.3. The van der Waals surface area contributed by atoms with Gasteiger partial charge in [-0.2, -0.15) is 0 Å². The van der Waals surface area contributed by atoms with Gasteiger partial charge in [0.2, 0.25) is 5.95 Å². The van der Waals surface area contributed by atoms with Gasteiger partial charge in [-0.1, -0.05) is 30.3 Å². The molecule has 0 atom stereocenters. The first-order valence-electron chi connectivity index (χ1n) is 7.13. The molecule has 0 aliphatic heterocycles. The van der Waals surface area contributed by atoms with E-state index in [0.29, 0.717) is 23.4 Å². The number of ether oxygens (including phenoxy) is 1. The van der Waals surface area contributed by atoms with Crippen molar-refractivity contribution in [1.29, 1.82) is 0 Å². The molecule has 3 aromatic rings. The van der Waals surface area contributed by atoms with E-state index < -0.39 is 0 Å². The molecule has 112 valence electrons. The molecule has 0 saturated heterocycles. The number of methoxy groups -OCH3 is 1. The number of fused-ring (bicyclic) bond motifs is 1. The predicted octanol–water partition coefficient (Wildman–Crippen LogP) is 2.59. The quantitative estimate of drug-likeness (QED) is 0.759. The molecule has 5 heteroatoms. The fourth-order valence-electron chi connectivity index (χ4n) is 2.40. The fourth-order valence-corrected chi connectivity index (χ4v) is 2.40. The highest BCUT2D eigenvalue weighted by Crippen LogP contribution is 2.17. The van der Waals surface area contributed by atoms with Crippen LogP contribution in [-0.4, -0.2) is 23.6 Å². The van der Waals surface area contributed by atoms with Crippen molar-refractivity contribution in [3.8, 4) is 5.75 Å². The highest BCUT2D eigenvalue weighted by molar-refractivity contribution is 5.78. The van der Waals surface area contributed by atoms with Crippen molar-refractivity contribution in [3.63, 3.8) is 0 Å². The third-order valence-corrected chi connectivity index (χ3v) is 3.49. The average molecular weight is 295 g/mol. The molecular formula is C17H17N3O2. The average Bonchev–Trinajstić information content (AvgIpc) is 2.55. The Morgan fingerprint density at radius 3 is 2.77 bits per heavy atom. The number of aromatic nitrogens is 2. The molecule has 2 aromatic carbocycles. The molecule has 0 fully saturated rings. The standard InChI is InChI=1S/C17H17N3O2/c1-22-15-9-5-2-6-12(15)10-11-18-17-19-14-8-4-3-7-13(14)16(21)20-17/h2-9H,10-11H2,1H3,(H2,18,19,20,21). The second-order valence-electron chi connectivity index (χ2n) is 4.92. The lowest BCUT2D eigenvalue weighted by Crippen LogP contribution is -2.15. The zero-order chi connectivity index (χ0) is 15.4. The van der Waals surface area contributed by atoms with Gasteiger partial charge in [-0.15, -0.1) is 0 Å². The van der Waals surface area contributed by atoms with Crippen LogP contribution in [0.3, 0.4) is 0 Å². The highest BCUT2D eigenvalue weighted by atomic mass is 16.5. The van der Waals surface area contributed by atoms with Gasteiger partial charge in [0.15, 0.2) is 0 Å². The first-order chi connectivity index (χ1) is 10.8. The molecule has 0 amide bonds. The smallest absolute Gasteiger partial charge is 0.260 e. The van der Waals surface area contributed by atoms with Crippen molar-refractivity contribution >= 4 is 16.9 Å². The number of H-pyrrole nitrogens is 1. The Morgan fingerprint density at radius 1 is 1.14 bits per heavy atom. The van der Waals surface area contributed by atoms with Crippen LogP contribution < -0.4 is 15.6 Å². The number of benzene rings is 2. The maximum absolute atomic E-state index is 12.0. The third-order valence-electron chi connectivity index (χ3n) is 3.49. The fraction of sp³-hybridized carbons (Fsp3) is 0.176. The minimum absolute atomic E-state index is 0.134. The lowest BCUT2D eigenvalue weighted by Gasteiger charge is -2.09. The second kappa shape index (κ2) is 6.30. The van der Waals surface area contributed by atoms with Gasteiger partial charge < -0.3 is 10.1 Å². The second-order valence-corrected chi connectivity index (χ2v) is 4.92.